The van der Waals surface area contributed by atoms with Crippen LogP contribution in [0.15, 0.2) is 0 Å². The normalized spacial score (nSPS) is 10.0. The molecule has 0 unspecified atom stereocenters. The number of hydrogen-bond donors (Lipinski definition) is 2. The number of amides is 2. The molecule has 5 heteroatoms. The molecule has 0 aromatic rings. The molecule has 2 amide bonds. The van der Waals surface area contributed by atoms with Gasteiger partial charge in [-0.05, 0) is 20.5 Å². The van der Waals surface area contributed by atoms with Gasteiger partial charge >= 0.3 is 0 Å². The molecule has 0 heterocycles. The van der Waals surface area contributed by atoms with Gasteiger partial charge < -0.3 is 15.5 Å². The zero-order chi connectivity index (χ0) is 11.0. The van der Waals surface area contributed by atoms with E-state index in [1.807, 2.05) is 19.0 Å². The van der Waals surface area contributed by atoms with E-state index in [-0.39, 0.29) is 11.8 Å². The summed E-state index contributed by atoms with van der Waals surface area (Å²) < 4.78 is 0. The standard InChI is InChI=1S/C9H19N3O2/c1-8(13)10-5-4-6-11-9(14)7-12(2)3/h4-7H2,1-3H3,(H,10,13)(H,11,14). The van der Waals surface area contributed by atoms with Crippen molar-refractivity contribution in [3.8, 4) is 0 Å². The Balaban J connectivity index is 3.27. The van der Waals surface area contributed by atoms with Crippen molar-refractivity contribution < 1.29 is 9.59 Å². The van der Waals surface area contributed by atoms with Crippen molar-refractivity contribution in [2.45, 2.75) is 13.3 Å². The molecular formula is C9H19N3O2. The summed E-state index contributed by atoms with van der Waals surface area (Å²) in [5.41, 5.74) is 0. The zero-order valence-corrected chi connectivity index (χ0v) is 9.09. The summed E-state index contributed by atoms with van der Waals surface area (Å²) in [5.74, 6) is -0.0255. The van der Waals surface area contributed by atoms with Crippen LogP contribution in [0.5, 0.6) is 0 Å². The van der Waals surface area contributed by atoms with E-state index >= 15 is 0 Å². The van der Waals surface area contributed by atoms with Gasteiger partial charge in [0.15, 0.2) is 0 Å². The van der Waals surface area contributed by atoms with E-state index in [9.17, 15) is 9.59 Å². The lowest BCUT2D eigenvalue weighted by Crippen LogP contribution is -2.35. The minimum atomic E-state index is -0.0374. The summed E-state index contributed by atoms with van der Waals surface area (Å²) in [7, 11) is 3.69. The van der Waals surface area contributed by atoms with Gasteiger partial charge in [-0.15, -0.1) is 0 Å². The van der Waals surface area contributed by atoms with E-state index in [1.165, 1.54) is 6.92 Å². The van der Waals surface area contributed by atoms with Crippen LogP contribution in [0.4, 0.5) is 0 Å². The van der Waals surface area contributed by atoms with Gasteiger partial charge in [0, 0.05) is 20.0 Å². The van der Waals surface area contributed by atoms with Crippen molar-refractivity contribution in [3.63, 3.8) is 0 Å². The molecule has 0 aromatic heterocycles. The molecule has 0 rings (SSSR count). The van der Waals surface area contributed by atoms with Crippen molar-refractivity contribution in [1.29, 1.82) is 0 Å². The topological polar surface area (TPSA) is 61.4 Å². The molecule has 5 nitrogen and oxygen atoms in total. The van der Waals surface area contributed by atoms with Gasteiger partial charge in [0.25, 0.3) is 0 Å². The van der Waals surface area contributed by atoms with Crippen molar-refractivity contribution in [2.75, 3.05) is 33.7 Å². The van der Waals surface area contributed by atoms with Crippen LogP contribution in [-0.2, 0) is 9.59 Å². The maximum Gasteiger partial charge on any atom is 0.234 e. The van der Waals surface area contributed by atoms with Gasteiger partial charge in [-0.25, -0.2) is 0 Å². The van der Waals surface area contributed by atoms with Crippen LogP contribution in [0.3, 0.4) is 0 Å². The van der Waals surface area contributed by atoms with Crippen LogP contribution in [0.1, 0.15) is 13.3 Å². The second-order valence-electron chi connectivity index (χ2n) is 3.42. The van der Waals surface area contributed by atoms with Crippen LogP contribution in [0, 0.1) is 0 Å². The maximum absolute atomic E-state index is 11.1. The highest BCUT2D eigenvalue weighted by Crippen LogP contribution is 1.77. The van der Waals surface area contributed by atoms with E-state index < -0.39 is 0 Å². The monoisotopic (exact) mass is 201 g/mol. The Kier molecular flexibility index (Phi) is 6.74. The summed E-state index contributed by atoms with van der Waals surface area (Å²) in [6.45, 7) is 3.09. The molecule has 0 aliphatic heterocycles. The molecular weight excluding hydrogens is 182 g/mol. The molecule has 0 saturated heterocycles. The minimum absolute atomic E-state index is 0.0119. The molecule has 0 aromatic carbocycles. The van der Waals surface area contributed by atoms with E-state index in [1.54, 1.807) is 0 Å². The molecule has 0 fully saturated rings. The molecule has 0 aliphatic rings. The smallest absolute Gasteiger partial charge is 0.234 e. The van der Waals surface area contributed by atoms with Crippen molar-refractivity contribution in [2.24, 2.45) is 0 Å². The molecule has 0 saturated carbocycles. The summed E-state index contributed by atoms with van der Waals surface area (Å²) in [5, 5.41) is 5.42. The number of hydrogen-bond acceptors (Lipinski definition) is 3. The third-order valence-corrected chi connectivity index (χ3v) is 1.51. The first-order chi connectivity index (χ1) is 6.52. The predicted octanol–water partition coefficient (Wildman–Crippen LogP) is -0.810. The van der Waals surface area contributed by atoms with Gasteiger partial charge in [-0.3, -0.25) is 9.59 Å². The van der Waals surface area contributed by atoms with Gasteiger partial charge in [-0.2, -0.15) is 0 Å². The SMILES string of the molecule is CC(=O)NCCCNC(=O)CN(C)C. The fourth-order valence-electron chi connectivity index (χ4n) is 0.924. The molecule has 0 spiro atoms. The van der Waals surface area contributed by atoms with Crippen LogP contribution in [0.25, 0.3) is 0 Å². The zero-order valence-electron chi connectivity index (χ0n) is 9.09. The predicted molar refractivity (Wildman–Crippen MR) is 54.9 cm³/mol. The van der Waals surface area contributed by atoms with E-state index in [4.69, 9.17) is 0 Å². The molecule has 82 valence electrons. The average molecular weight is 201 g/mol. The summed E-state index contributed by atoms with van der Waals surface area (Å²) in [4.78, 5) is 23.4. The van der Waals surface area contributed by atoms with Crippen LogP contribution in [0.2, 0.25) is 0 Å². The Morgan fingerprint density at radius 2 is 1.71 bits per heavy atom. The number of carbonyl (C=O) groups excluding carboxylic acids is 2. The highest BCUT2D eigenvalue weighted by atomic mass is 16.2. The first-order valence-electron chi connectivity index (χ1n) is 4.68. The highest BCUT2D eigenvalue weighted by Gasteiger charge is 2.00. The third-order valence-electron chi connectivity index (χ3n) is 1.51. The summed E-state index contributed by atoms with van der Waals surface area (Å²) in [6, 6.07) is 0. The molecule has 14 heavy (non-hydrogen) atoms. The molecule has 2 N–H and O–H groups in total. The fourth-order valence-corrected chi connectivity index (χ4v) is 0.924. The Hall–Kier alpha value is -1.10. The van der Waals surface area contributed by atoms with Gasteiger partial charge in [0.1, 0.15) is 0 Å². The summed E-state index contributed by atoms with van der Waals surface area (Å²) in [6.07, 6.45) is 0.763. The largest absolute Gasteiger partial charge is 0.356 e. The van der Waals surface area contributed by atoms with Crippen LogP contribution >= 0.6 is 0 Å². The van der Waals surface area contributed by atoms with E-state index in [2.05, 4.69) is 10.6 Å². The minimum Gasteiger partial charge on any atom is -0.356 e. The van der Waals surface area contributed by atoms with Crippen LogP contribution < -0.4 is 10.6 Å². The Labute approximate surface area is 84.8 Å². The van der Waals surface area contributed by atoms with Gasteiger partial charge in [0.05, 0.1) is 6.54 Å². The first-order valence-corrected chi connectivity index (χ1v) is 4.68. The fraction of sp³-hybridized carbons (Fsp3) is 0.778. The second-order valence-corrected chi connectivity index (χ2v) is 3.42. The second kappa shape index (κ2) is 7.32. The Morgan fingerprint density at radius 3 is 2.21 bits per heavy atom. The van der Waals surface area contributed by atoms with E-state index in [0.29, 0.717) is 19.6 Å². The highest BCUT2D eigenvalue weighted by molar-refractivity contribution is 5.77. The lowest BCUT2D eigenvalue weighted by atomic mass is 10.4. The van der Waals surface area contributed by atoms with E-state index in [0.717, 1.165) is 6.42 Å². The number of likely N-dealkylation sites (N-methyl/N-ethyl adjacent to an activating group) is 1. The van der Waals surface area contributed by atoms with Crippen LogP contribution in [-0.4, -0.2) is 50.4 Å². The molecule has 0 radical (unpaired) electrons. The lowest BCUT2D eigenvalue weighted by Gasteiger charge is -2.09. The quantitative estimate of drug-likeness (QED) is 0.553. The van der Waals surface area contributed by atoms with Crippen molar-refractivity contribution >= 4 is 11.8 Å². The number of nitrogens with one attached hydrogen (secondary N) is 2. The molecule has 0 bridgehead atoms. The lowest BCUT2D eigenvalue weighted by molar-refractivity contribution is -0.121. The number of carbonyl (C=O) groups is 2. The van der Waals surface area contributed by atoms with Gasteiger partial charge in [-0.1, -0.05) is 0 Å². The van der Waals surface area contributed by atoms with Gasteiger partial charge in [0.2, 0.25) is 11.8 Å². The van der Waals surface area contributed by atoms with Crippen molar-refractivity contribution in [1.82, 2.24) is 15.5 Å². The Morgan fingerprint density at radius 1 is 1.14 bits per heavy atom. The summed E-state index contributed by atoms with van der Waals surface area (Å²) >= 11 is 0. The number of nitrogens with zero attached hydrogens (tertiary/aromatic N) is 1. The Bertz CT molecular complexity index is 192. The molecule has 0 atom stereocenters. The average Bonchev–Trinajstić information content (AvgIpc) is 2.01. The van der Waals surface area contributed by atoms with Crippen molar-refractivity contribution in [3.05, 3.63) is 0 Å². The molecule has 0 aliphatic carbocycles. The number of rotatable bonds is 6. The maximum atomic E-state index is 11.1. The first kappa shape index (κ1) is 12.9. The third kappa shape index (κ3) is 8.99.